The molecule has 8 heteroatoms. The molecule has 0 saturated heterocycles. The third kappa shape index (κ3) is 8.48. The Morgan fingerprint density at radius 3 is 1.27 bits per heavy atom. The van der Waals surface area contributed by atoms with Gasteiger partial charge in [0.1, 0.15) is 29.3 Å². The first-order chi connectivity index (χ1) is 27.5. The van der Waals surface area contributed by atoms with Crippen molar-refractivity contribution in [2.75, 3.05) is 39.9 Å². The fraction of sp³-hybridized carbons (Fsp3) is 0.229. The minimum absolute atomic E-state index is 0.0660. The average Bonchev–Trinajstić information content (AvgIpc) is 3.28. The molecule has 0 bridgehead atoms. The molecular formula is C48H46O6S2. The number of aliphatic hydroxyl groups is 1. The minimum atomic E-state index is 0.0660. The highest BCUT2D eigenvalue weighted by atomic mass is 32.2. The quantitative estimate of drug-likeness (QED) is 0.138. The third-order valence-electron chi connectivity index (χ3n) is 10.8. The van der Waals surface area contributed by atoms with E-state index < -0.39 is 0 Å². The second kappa shape index (κ2) is 18.2. The number of fused-ring (bicyclic) bond motifs is 2. The number of methoxy groups -OCH3 is 4. The van der Waals surface area contributed by atoms with Crippen LogP contribution in [0.15, 0.2) is 143 Å². The molecule has 4 atom stereocenters. The molecule has 2 aliphatic rings. The second-order valence-corrected chi connectivity index (χ2v) is 16.0. The summed E-state index contributed by atoms with van der Waals surface area (Å²) in [6.07, 6.45) is 0.889. The summed E-state index contributed by atoms with van der Waals surface area (Å²) in [4.78, 5) is 13.6. The first kappa shape index (κ1) is 39.1. The van der Waals surface area contributed by atoms with Gasteiger partial charge in [-0.2, -0.15) is 0 Å². The number of aliphatic hydroxyl groups excluding tert-OH is 1. The predicted octanol–water partition coefficient (Wildman–Crippen LogP) is 10.8. The zero-order valence-electron chi connectivity index (χ0n) is 32.0. The van der Waals surface area contributed by atoms with Crippen LogP contribution < -0.4 is 18.9 Å². The van der Waals surface area contributed by atoms with Gasteiger partial charge >= 0.3 is 0 Å². The number of hydrogen-bond acceptors (Lipinski definition) is 8. The maximum absolute atomic E-state index is 11.1. The van der Waals surface area contributed by atoms with Crippen molar-refractivity contribution < 1.29 is 28.8 Å². The van der Waals surface area contributed by atoms with Crippen molar-refractivity contribution in [1.29, 1.82) is 0 Å². The summed E-state index contributed by atoms with van der Waals surface area (Å²) in [6, 6.07) is 45.8. The molecular weight excluding hydrogens is 737 g/mol. The van der Waals surface area contributed by atoms with Gasteiger partial charge in [-0.15, -0.1) is 23.5 Å². The van der Waals surface area contributed by atoms with Crippen LogP contribution in [0.2, 0.25) is 0 Å². The standard InChI is InChI=1S/C24H24O3S.C24H22O3S/c2*1-26-19-9-7-17(8-10-19)22-15-28-23-13-20(27-2)11-12-21(23)24(22)18-5-3-16(14-25)4-6-18/h3-13,22,24-25H,14-15H2,1-2H3;3-14,22,24H,15H2,1-2H3. The van der Waals surface area contributed by atoms with Gasteiger partial charge in [0.15, 0.2) is 0 Å². The Hall–Kier alpha value is -5.15. The number of hydrogen-bond donors (Lipinski definition) is 1. The van der Waals surface area contributed by atoms with Gasteiger partial charge in [0.2, 0.25) is 0 Å². The van der Waals surface area contributed by atoms with Gasteiger partial charge in [0.05, 0.1) is 35.0 Å². The Kier molecular flexibility index (Phi) is 12.7. The van der Waals surface area contributed by atoms with E-state index >= 15 is 0 Å². The molecule has 286 valence electrons. The summed E-state index contributed by atoms with van der Waals surface area (Å²) in [5.41, 5.74) is 9.36. The van der Waals surface area contributed by atoms with Gasteiger partial charge in [0.25, 0.3) is 0 Å². The number of ether oxygens (including phenoxy) is 4. The average molecular weight is 783 g/mol. The van der Waals surface area contributed by atoms with E-state index in [0.29, 0.717) is 17.4 Å². The number of rotatable bonds is 10. The first-order valence-electron chi connectivity index (χ1n) is 18.6. The molecule has 0 amide bonds. The van der Waals surface area contributed by atoms with E-state index in [0.717, 1.165) is 46.4 Å². The Bertz CT molecular complexity index is 2220. The fourth-order valence-electron chi connectivity index (χ4n) is 7.75. The number of aldehydes is 1. The molecule has 56 heavy (non-hydrogen) atoms. The molecule has 2 aliphatic heterocycles. The monoisotopic (exact) mass is 782 g/mol. The highest BCUT2D eigenvalue weighted by Crippen LogP contribution is 2.51. The molecule has 4 unspecified atom stereocenters. The summed E-state index contributed by atoms with van der Waals surface area (Å²) in [5, 5.41) is 9.40. The number of benzene rings is 6. The van der Waals surface area contributed by atoms with Crippen LogP contribution in [0.5, 0.6) is 23.0 Å². The lowest BCUT2D eigenvalue weighted by atomic mass is 9.77. The fourth-order valence-corrected chi connectivity index (χ4v) is 10.4. The molecule has 0 radical (unpaired) electrons. The van der Waals surface area contributed by atoms with E-state index in [-0.39, 0.29) is 18.4 Å². The van der Waals surface area contributed by atoms with Crippen molar-refractivity contribution in [3.63, 3.8) is 0 Å². The molecule has 8 rings (SSSR count). The van der Waals surface area contributed by atoms with Crippen molar-refractivity contribution in [2.45, 2.75) is 40.1 Å². The van der Waals surface area contributed by atoms with Crippen molar-refractivity contribution in [3.8, 4) is 23.0 Å². The molecule has 0 fully saturated rings. The molecule has 6 nitrogen and oxygen atoms in total. The normalized spacial score (nSPS) is 18.3. The van der Waals surface area contributed by atoms with Crippen LogP contribution in [-0.4, -0.2) is 51.3 Å². The molecule has 0 aromatic heterocycles. The van der Waals surface area contributed by atoms with E-state index in [1.54, 1.807) is 28.4 Å². The smallest absolute Gasteiger partial charge is 0.150 e. The number of carbonyl (C=O) groups excluding carboxylic acids is 1. The summed E-state index contributed by atoms with van der Waals surface area (Å²) in [5.74, 6) is 6.65. The molecule has 0 spiro atoms. The van der Waals surface area contributed by atoms with Gasteiger partial charge in [-0.05, 0) is 87.5 Å². The Morgan fingerprint density at radius 2 is 0.893 bits per heavy atom. The Morgan fingerprint density at radius 1 is 0.518 bits per heavy atom. The lowest BCUT2D eigenvalue weighted by molar-refractivity contribution is 0.112. The van der Waals surface area contributed by atoms with E-state index in [2.05, 4.69) is 72.8 Å². The lowest BCUT2D eigenvalue weighted by Gasteiger charge is -2.34. The van der Waals surface area contributed by atoms with E-state index in [4.69, 9.17) is 18.9 Å². The van der Waals surface area contributed by atoms with Gasteiger partial charge in [-0.3, -0.25) is 4.79 Å². The van der Waals surface area contributed by atoms with Gasteiger partial charge in [-0.25, -0.2) is 0 Å². The summed E-state index contributed by atoms with van der Waals surface area (Å²) in [6.45, 7) is 0.0660. The lowest BCUT2D eigenvalue weighted by Crippen LogP contribution is -2.20. The SMILES string of the molecule is COc1ccc(C2CSc3cc(OC)ccc3C2c2ccc(C=O)cc2)cc1.COc1ccc(C2CSc3cc(OC)ccc3C2c2ccc(CO)cc2)cc1. The first-order valence-corrected chi connectivity index (χ1v) is 20.6. The van der Waals surface area contributed by atoms with Crippen LogP contribution in [0.1, 0.15) is 73.0 Å². The van der Waals surface area contributed by atoms with Crippen LogP contribution in [0.25, 0.3) is 0 Å². The Labute approximate surface area is 338 Å². The van der Waals surface area contributed by atoms with E-state index in [1.807, 2.05) is 84.2 Å². The maximum Gasteiger partial charge on any atom is 0.150 e. The second-order valence-electron chi connectivity index (χ2n) is 13.8. The topological polar surface area (TPSA) is 74.2 Å². The third-order valence-corrected chi connectivity index (χ3v) is 13.2. The summed E-state index contributed by atoms with van der Waals surface area (Å²) < 4.78 is 21.5. The van der Waals surface area contributed by atoms with Crippen LogP contribution in [0, 0.1) is 0 Å². The summed E-state index contributed by atoms with van der Waals surface area (Å²) in [7, 11) is 6.79. The molecule has 6 aromatic carbocycles. The highest BCUT2D eigenvalue weighted by molar-refractivity contribution is 7.99. The summed E-state index contributed by atoms with van der Waals surface area (Å²) >= 11 is 3.76. The molecule has 2 heterocycles. The predicted molar refractivity (Wildman–Crippen MR) is 227 cm³/mol. The van der Waals surface area contributed by atoms with Gasteiger partial charge in [-0.1, -0.05) is 84.9 Å². The number of thioether (sulfide) groups is 2. The van der Waals surface area contributed by atoms with Crippen LogP contribution >= 0.6 is 23.5 Å². The molecule has 1 N–H and O–H groups in total. The van der Waals surface area contributed by atoms with Crippen molar-refractivity contribution in [3.05, 3.63) is 178 Å². The van der Waals surface area contributed by atoms with E-state index in [9.17, 15) is 9.90 Å². The van der Waals surface area contributed by atoms with E-state index in [1.165, 1.54) is 43.2 Å². The molecule has 0 aliphatic carbocycles. The zero-order valence-corrected chi connectivity index (χ0v) is 33.6. The highest BCUT2D eigenvalue weighted by Gasteiger charge is 2.34. The van der Waals surface area contributed by atoms with Crippen LogP contribution in [0.3, 0.4) is 0 Å². The number of carbonyl (C=O) groups is 1. The zero-order chi connectivity index (χ0) is 39.0. The van der Waals surface area contributed by atoms with Gasteiger partial charge < -0.3 is 24.1 Å². The van der Waals surface area contributed by atoms with Crippen molar-refractivity contribution in [2.24, 2.45) is 0 Å². The molecule has 6 aromatic rings. The van der Waals surface area contributed by atoms with Crippen LogP contribution in [0.4, 0.5) is 0 Å². The van der Waals surface area contributed by atoms with Crippen LogP contribution in [-0.2, 0) is 6.61 Å². The van der Waals surface area contributed by atoms with Gasteiger partial charge in [0, 0.05) is 50.5 Å². The largest absolute Gasteiger partial charge is 0.497 e. The van der Waals surface area contributed by atoms with Crippen molar-refractivity contribution >= 4 is 29.8 Å². The maximum atomic E-state index is 11.1. The Balaban J connectivity index is 0.000000172. The minimum Gasteiger partial charge on any atom is -0.497 e. The molecule has 0 saturated carbocycles. The van der Waals surface area contributed by atoms with Crippen molar-refractivity contribution in [1.82, 2.24) is 0 Å².